The summed E-state index contributed by atoms with van der Waals surface area (Å²) < 4.78 is 33.4. The summed E-state index contributed by atoms with van der Waals surface area (Å²) in [5, 5.41) is 50.2. The number of phosphoric ester groups is 1. The second-order valence-electron chi connectivity index (χ2n) is 15.9. The molecule has 65 heavy (non-hydrogen) atoms. The van der Waals surface area contributed by atoms with Crippen LogP contribution in [-0.4, -0.2) is 98.3 Å². The predicted octanol–water partition coefficient (Wildman–Crippen LogP) is 9.61. The molecule has 0 spiro atoms. The molecule has 0 saturated heterocycles. The highest BCUT2D eigenvalue weighted by molar-refractivity contribution is 7.47. The Kier molecular flexibility index (Phi) is 36.3. The van der Waals surface area contributed by atoms with Gasteiger partial charge < -0.3 is 39.9 Å². The number of allylic oxidation sites excluding steroid dienone is 18. The Hall–Kier alpha value is -3.49. The molecule has 13 nitrogen and oxygen atoms in total. The summed E-state index contributed by atoms with van der Waals surface area (Å²) >= 11 is 0. The van der Waals surface area contributed by atoms with Gasteiger partial charge in [0.2, 0.25) is 0 Å². The van der Waals surface area contributed by atoms with Crippen molar-refractivity contribution in [1.29, 1.82) is 0 Å². The molecule has 0 aromatic heterocycles. The monoisotopic (exact) mass is 933 g/mol. The third kappa shape index (κ3) is 32.0. The zero-order chi connectivity index (χ0) is 47.8. The fraction of sp³-hybridized carbons (Fsp3) is 0.608. The van der Waals surface area contributed by atoms with Gasteiger partial charge >= 0.3 is 19.8 Å². The van der Waals surface area contributed by atoms with E-state index in [-0.39, 0.29) is 12.8 Å². The van der Waals surface area contributed by atoms with E-state index in [4.69, 9.17) is 18.5 Å². The van der Waals surface area contributed by atoms with Crippen molar-refractivity contribution in [3.63, 3.8) is 0 Å². The number of aliphatic hydroxyl groups is 5. The van der Waals surface area contributed by atoms with Gasteiger partial charge in [0, 0.05) is 12.8 Å². The average molecular weight is 933 g/mol. The van der Waals surface area contributed by atoms with Gasteiger partial charge in [-0.1, -0.05) is 155 Å². The maximum absolute atomic E-state index is 12.8. The molecule has 368 valence electrons. The standard InChI is InChI=1S/C51H81O13P/c1-3-5-7-9-11-13-15-17-19-21-22-24-25-27-29-31-33-35-37-39-44(52)61-41-43(42-62-65(59,60)64-51-49(57)47(55)46(54)48(56)50(51)58)63-45(53)40-38-36-34-32-30-28-26-23-20-18-16-14-12-10-8-6-4-2/h5,7,11,13,17-20,22,24,26-29,32-35,43,46-51,54-58H,3-4,6,8-10,12,14-16,21,23,25,30-31,36-42H2,1-2H3,(H,59,60)/b7-5+,13-11+,19-17+,20-18+,24-22+,28-26+,29-27+,34-32+,35-33+/t43-,46?,47-,48?,49?,50?,51?/m0/s1. The second-order valence-corrected chi connectivity index (χ2v) is 17.3. The zero-order valence-electron chi connectivity index (χ0n) is 39.0. The van der Waals surface area contributed by atoms with Crippen LogP contribution in [0.3, 0.4) is 0 Å². The van der Waals surface area contributed by atoms with Crippen molar-refractivity contribution < 1.29 is 63.1 Å². The number of unbranched alkanes of at least 4 members (excludes halogenated alkanes) is 7. The number of rotatable bonds is 37. The Morgan fingerprint density at radius 1 is 0.492 bits per heavy atom. The smallest absolute Gasteiger partial charge is 0.462 e. The third-order valence-corrected chi connectivity index (χ3v) is 11.1. The molecule has 6 unspecified atom stereocenters. The van der Waals surface area contributed by atoms with E-state index in [1.807, 2.05) is 30.4 Å². The zero-order valence-corrected chi connectivity index (χ0v) is 39.9. The van der Waals surface area contributed by atoms with Gasteiger partial charge in [0.05, 0.1) is 6.61 Å². The molecule has 0 aliphatic heterocycles. The first-order chi connectivity index (χ1) is 31.4. The SMILES string of the molecule is CC/C=C/C/C=C/C/C=C/C/C=C/C/C=C/C/C=C/CCC(=O)OC[C@@H](COP(=O)(O)OC1C(O)C(O)C(O)[C@H](O)C1O)OC(=O)CCC/C=C/C/C=C/C/C=C/CCCCCCCC. The number of carbonyl (C=O) groups is 2. The Morgan fingerprint density at radius 3 is 1.40 bits per heavy atom. The van der Waals surface area contributed by atoms with E-state index in [2.05, 4.69) is 92.8 Å². The molecule has 1 fully saturated rings. The molecule has 0 heterocycles. The van der Waals surface area contributed by atoms with Gasteiger partial charge in [-0.3, -0.25) is 18.6 Å². The lowest BCUT2D eigenvalue weighted by Gasteiger charge is -2.41. The normalized spacial score (nSPS) is 22.4. The molecule has 0 bridgehead atoms. The number of carbonyl (C=O) groups excluding carboxylic acids is 2. The summed E-state index contributed by atoms with van der Waals surface area (Å²) in [6, 6.07) is 0. The molecule has 0 aromatic carbocycles. The van der Waals surface area contributed by atoms with Crippen molar-refractivity contribution in [2.75, 3.05) is 13.2 Å². The first kappa shape index (κ1) is 59.5. The lowest BCUT2D eigenvalue weighted by atomic mass is 9.85. The molecule has 0 amide bonds. The molecule has 1 saturated carbocycles. The number of hydrogen-bond acceptors (Lipinski definition) is 12. The van der Waals surface area contributed by atoms with Crippen molar-refractivity contribution in [2.45, 2.75) is 185 Å². The van der Waals surface area contributed by atoms with E-state index in [9.17, 15) is 44.6 Å². The number of ether oxygens (including phenoxy) is 2. The number of esters is 2. The number of phosphoric acid groups is 1. The molecule has 8 atom stereocenters. The van der Waals surface area contributed by atoms with Crippen molar-refractivity contribution >= 4 is 19.8 Å². The first-order valence-corrected chi connectivity index (χ1v) is 25.2. The second kappa shape index (κ2) is 39.7. The van der Waals surface area contributed by atoms with Gasteiger partial charge in [-0.25, -0.2) is 4.57 Å². The van der Waals surface area contributed by atoms with Gasteiger partial charge in [-0.05, 0) is 83.5 Å². The van der Waals surface area contributed by atoms with Crippen LogP contribution in [0.5, 0.6) is 0 Å². The van der Waals surface area contributed by atoms with Crippen LogP contribution in [0, 0.1) is 0 Å². The summed E-state index contributed by atoms with van der Waals surface area (Å²) in [6.07, 6.45) is 41.6. The number of aliphatic hydroxyl groups excluding tert-OH is 5. The van der Waals surface area contributed by atoms with E-state index in [0.29, 0.717) is 25.7 Å². The van der Waals surface area contributed by atoms with Crippen molar-refractivity contribution in [1.82, 2.24) is 0 Å². The third-order valence-electron chi connectivity index (χ3n) is 10.1. The maximum Gasteiger partial charge on any atom is 0.472 e. The van der Waals surface area contributed by atoms with E-state index in [1.54, 1.807) is 0 Å². The van der Waals surface area contributed by atoms with Crippen molar-refractivity contribution in [2.24, 2.45) is 0 Å². The highest BCUT2D eigenvalue weighted by atomic mass is 31.2. The fourth-order valence-corrected chi connectivity index (χ4v) is 7.30. The predicted molar refractivity (Wildman–Crippen MR) is 257 cm³/mol. The summed E-state index contributed by atoms with van der Waals surface area (Å²) in [6.45, 7) is 3.06. The quantitative estimate of drug-likeness (QED) is 0.0149. The molecule has 1 rings (SSSR count). The molecule has 14 heteroatoms. The first-order valence-electron chi connectivity index (χ1n) is 23.7. The van der Waals surface area contributed by atoms with Crippen LogP contribution in [0.1, 0.15) is 142 Å². The largest absolute Gasteiger partial charge is 0.472 e. The van der Waals surface area contributed by atoms with E-state index in [1.165, 1.54) is 38.5 Å². The van der Waals surface area contributed by atoms with Crippen LogP contribution in [0.2, 0.25) is 0 Å². The lowest BCUT2D eigenvalue weighted by molar-refractivity contribution is -0.220. The molecule has 0 aromatic rings. The molecule has 1 aliphatic carbocycles. The van der Waals surface area contributed by atoms with Crippen LogP contribution >= 0.6 is 7.82 Å². The van der Waals surface area contributed by atoms with E-state index in [0.717, 1.165) is 51.4 Å². The lowest BCUT2D eigenvalue weighted by Crippen LogP contribution is -2.64. The Labute approximate surface area is 389 Å². The highest BCUT2D eigenvalue weighted by Crippen LogP contribution is 2.47. The van der Waals surface area contributed by atoms with Gasteiger partial charge in [0.15, 0.2) is 6.10 Å². The number of hydrogen-bond donors (Lipinski definition) is 6. The van der Waals surface area contributed by atoms with Crippen molar-refractivity contribution in [3.05, 3.63) is 109 Å². The summed E-state index contributed by atoms with van der Waals surface area (Å²) in [7, 11) is -5.16. The minimum Gasteiger partial charge on any atom is -0.462 e. The molecular weight excluding hydrogens is 852 g/mol. The maximum atomic E-state index is 12.8. The van der Waals surface area contributed by atoms with Crippen LogP contribution < -0.4 is 0 Å². The average Bonchev–Trinajstić information content (AvgIpc) is 3.29. The minimum atomic E-state index is -5.16. The van der Waals surface area contributed by atoms with Crippen molar-refractivity contribution in [3.8, 4) is 0 Å². The van der Waals surface area contributed by atoms with Crippen LogP contribution in [0.4, 0.5) is 0 Å². The van der Waals surface area contributed by atoms with Gasteiger partial charge in [-0.15, -0.1) is 0 Å². The Morgan fingerprint density at radius 2 is 0.908 bits per heavy atom. The highest BCUT2D eigenvalue weighted by Gasteiger charge is 2.51. The topological polar surface area (TPSA) is 210 Å². The van der Waals surface area contributed by atoms with Crippen LogP contribution in [-0.2, 0) is 32.7 Å². The van der Waals surface area contributed by atoms with Crippen LogP contribution in [0.25, 0.3) is 0 Å². The summed E-state index contributed by atoms with van der Waals surface area (Å²) in [5.41, 5.74) is 0. The molecule has 6 N–H and O–H groups in total. The van der Waals surface area contributed by atoms with Crippen LogP contribution in [0.15, 0.2) is 109 Å². The Balaban J connectivity index is 2.55. The Bertz CT molecular complexity index is 1550. The molecule has 0 radical (unpaired) electrons. The van der Waals surface area contributed by atoms with Gasteiger partial charge in [0.25, 0.3) is 0 Å². The summed E-state index contributed by atoms with van der Waals surface area (Å²) in [4.78, 5) is 35.7. The van der Waals surface area contributed by atoms with E-state index >= 15 is 0 Å². The molecular formula is C51H81O13P. The van der Waals surface area contributed by atoms with Gasteiger partial charge in [-0.2, -0.15) is 0 Å². The van der Waals surface area contributed by atoms with E-state index < -0.39 is 75.7 Å². The van der Waals surface area contributed by atoms with Gasteiger partial charge in [0.1, 0.15) is 43.2 Å². The summed E-state index contributed by atoms with van der Waals surface area (Å²) in [5.74, 6) is -1.27. The fourth-order valence-electron chi connectivity index (χ4n) is 6.33. The molecule has 1 aliphatic rings. The minimum absolute atomic E-state index is 0.00254.